The zero-order valence-electron chi connectivity index (χ0n) is 13.7. The molecule has 3 aromatic rings. The number of anilines is 2. The summed E-state index contributed by atoms with van der Waals surface area (Å²) in [6.45, 7) is 2.03. The van der Waals surface area contributed by atoms with Gasteiger partial charge in [-0.25, -0.2) is 18.4 Å². The van der Waals surface area contributed by atoms with E-state index >= 15 is 0 Å². The summed E-state index contributed by atoms with van der Waals surface area (Å²) in [5, 5.41) is 4.32. The Bertz CT molecular complexity index is 962. The molecular weight excluding hydrogens is 322 g/mol. The minimum absolute atomic E-state index is 0.162. The second kappa shape index (κ2) is 6.57. The lowest BCUT2D eigenvalue weighted by molar-refractivity contribution is 0.601. The van der Waals surface area contributed by atoms with Crippen molar-refractivity contribution >= 4 is 32.2 Å². The highest BCUT2D eigenvalue weighted by molar-refractivity contribution is 7.90. The Morgan fingerprint density at radius 1 is 1.04 bits per heavy atom. The van der Waals surface area contributed by atoms with Crippen LogP contribution >= 0.6 is 0 Å². The average molecular weight is 341 g/mol. The summed E-state index contributed by atoms with van der Waals surface area (Å²) in [7, 11) is -2.94. The van der Waals surface area contributed by atoms with E-state index in [0.717, 1.165) is 33.5 Å². The van der Waals surface area contributed by atoms with Gasteiger partial charge in [-0.3, -0.25) is 0 Å². The fraction of sp³-hybridized carbons (Fsp3) is 0.222. The molecule has 0 radical (unpaired) electrons. The van der Waals surface area contributed by atoms with Gasteiger partial charge in [0.1, 0.15) is 22.0 Å². The van der Waals surface area contributed by atoms with Crippen molar-refractivity contribution in [3.05, 3.63) is 59.9 Å². The zero-order valence-corrected chi connectivity index (χ0v) is 14.5. The van der Waals surface area contributed by atoms with Crippen molar-refractivity contribution < 1.29 is 8.42 Å². The summed E-state index contributed by atoms with van der Waals surface area (Å²) in [6, 6.07) is 13.7. The number of benzene rings is 2. The lowest BCUT2D eigenvalue weighted by Gasteiger charge is -2.10. The molecule has 0 aliphatic heterocycles. The maximum atomic E-state index is 11.2. The van der Waals surface area contributed by atoms with Crippen LogP contribution in [0.15, 0.2) is 48.8 Å². The molecule has 0 aliphatic carbocycles. The van der Waals surface area contributed by atoms with E-state index in [9.17, 15) is 8.42 Å². The molecular formula is C18H19N3O2S. The predicted octanol–water partition coefficient (Wildman–Crippen LogP) is 3.27. The lowest BCUT2D eigenvalue weighted by atomic mass is 10.1. The number of nitrogens with zero attached hydrogens (tertiary/aromatic N) is 2. The van der Waals surface area contributed by atoms with Crippen LogP contribution in [-0.2, 0) is 16.3 Å². The molecule has 5 nitrogen and oxygen atoms in total. The predicted molar refractivity (Wildman–Crippen MR) is 97.4 cm³/mol. The van der Waals surface area contributed by atoms with Crippen molar-refractivity contribution in [3.8, 4) is 0 Å². The standard InChI is InChI=1S/C18H19N3O2S/c1-13-4-3-5-16-17(13)18(20-12-19-16)21-15-8-6-14(7-9-15)10-11-24(2,22)23/h3-9,12H,10-11H2,1-2H3,(H,19,20,21). The van der Waals surface area contributed by atoms with Crippen LogP contribution in [0.25, 0.3) is 10.9 Å². The van der Waals surface area contributed by atoms with Crippen LogP contribution in [-0.4, -0.2) is 30.4 Å². The largest absolute Gasteiger partial charge is 0.340 e. The van der Waals surface area contributed by atoms with Gasteiger partial charge in [0.05, 0.1) is 11.3 Å². The Morgan fingerprint density at radius 3 is 2.50 bits per heavy atom. The average Bonchev–Trinajstić information content (AvgIpc) is 2.54. The van der Waals surface area contributed by atoms with Crippen LogP contribution in [0, 0.1) is 6.92 Å². The van der Waals surface area contributed by atoms with E-state index in [0.29, 0.717) is 6.42 Å². The number of hydrogen-bond acceptors (Lipinski definition) is 5. The van der Waals surface area contributed by atoms with Crippen molar-refractivity contribution in [2.75, 3.05) is 17.3 Å². The molecule has 0 aliphatic rings. The monoisotopic (exact) mass is 341 g/mol. The Morgan fingerprint density at radius 2 is 1.79 bits per heavy atom. The first-order chi connectivity index (χ1) is 11.4. The fourth-order valence-electron chi connectivity index (χ4n) is 2.57. The third-order valence-electron chi connectivity index (χ3n) is 3.85. The maximum absolute atomic E-state index is 11.2. The number of rotatable bonds is 5. The molecule has 0 unspecified atom stereocenters. The molecule has 0 saturated carbocycles. The first kappa shape index (κ1) is 16.4. The van der Waals surface area contributed by atoms with Crippen molar-refractivity contribution in [2.24, 2.45) is 0 Å². The zero-order chi connectivity index (χ0) is 17.2. The quantitative estimate of drug-likeness (QED) is 0.771. The Hall–Kier alpha value is -2.47. The van der Waals surface area contributed by atoms with E-state index in [2.05, 4.69) is 15.3 Å². The molecule has 0 bridgehead atoms. The topological polar surface area (TPSA) is 72.0 Å². The van der Waals surface area contributed by atoms with Gasteiger partial charge in [0, 0.05) is 17.3 Å². The third kappa shape index (κ3) is 3.89. The first-order valence-corrected chi connectivity index (χ1v) is 9.72. The highest BCUT2D eigenvalue weighted by Crippen LogP contribution is 2.25. The fourth-order valence-corrected chi connectivity index (χ4v) is 3.18. The normalized spacial score (nSPS) is 11.6. The van der Waals surface area contributed by atoms with Crippen molar-refractivity contribution in [3.63, 3.8) is 0 Å². The molecule has 0 fully saturated rings. The Kier molecular flexibility index (Phi) is 4.49. The number of aromatic nitrogens is 2. The number of hydrogen-bond donors (Lipinski definition) is 1. The van der Waals surface area contributed by atoms with Gasteiger partial charge in [-0.15, -0.1) is 0 Å². The summed E-state index contributed by atoms with van der Waals surface area (Å²) in [5.74, 6) is 0.928. The molecule has 3 rings (SSSR count). The van der Waals surface area contributed by atoms with Gasteiger partial charge in [0.2, 0.25) is 0 Å². The van der Waals surface area contributed by atoms with Crippen LogP contribution in [0.4, 0.5) is 11.5 Å². The molecule has 124 valence electrons. The van der Waals surface area contributed by atoms with Gasteiger partial charge in [0.15, 0.2) is 0 Å². The van der Waals surface area contributed by atoms with E-state index in [1.807, 2.05) is 49.4 Å². The molecule has 0 amide bonds. The second-order valence-corrected chi connectivity index (χ2v) is 8.15. The second-order valence-electron chi connectivity index (χ2n) is 5.89. The van der Waals surface area contributed by atoms with Crippen molar-refractivity contribution in [2.45, 2.75) is 13.3 Å². The molecule has 0 saturated heterocycles. The van der Waals surface area contributed by atoms with Crippen LogP contribution < -0.4 is 5.32 Å². The summed E-state index contributed by atoms with van der Waals surface area (Å²) >= 11 is 0. The van der Waals surface area contributed by atoms with Gasteiger partial charge in [0.25, 0.3) is 0 Å². The lowest BCUT2D eigenvalue weighted by Crippen LogP contribution is -2.05. The molecule has 0 spiro atoms. The molecule has 0 atom stereocenters. The van der Waals surface area contributed by atoms with E-state index < -0.39 is 9.84 Å². The SMILES string of the molecule is Cc1cccc2ncnc(Nc3ccc(CCS(C)(=O)=O)cc3)c12. The molecule has 6 heteroatoms. The number of fused-ring (bicyclic) bond motifs is 1. The first-order valence-electron chi connectivity index (χ1n) is 7.66. The van der Waals surface area contributed by atoms with Crippen LogP contribution in [0.3, 0.4) is 0 Å². The van der Waals surface area contributed by atoms with Crippen molar-refractivity contribution in [1.82, 2.24) is 9.97 Å². The highest BCUT2D eigenvalue weighted by atomic mass is 32.2. The minimum atomic E-state index is -2.94. The molecule has 1 aromatic heterocycles. The number of nitrogens with one attached hydrogen (secondary N) is 1. The summed E-state index contributed by atoms with van der Waals surface area (Å²) in [5.41, 5.74) is 3.91. The van der Waals surface area contributed by atoms with Crippen LogP contribution in [0.1, 0.15) is 11.1 Å². The van der Waals surface area contributed by atoms with Crippen LogP contribution in [0.5, 0.6) is 0 Å². The molecule has 2 aromatic carbocycles. The smallest absolute Gasteiger partial charge is 0.147 e. The third-order valence-corrected chi connectivity index (χ3v) is 4.80. The summed E-state index contributed by atoms with van der Waals surface area (Å²) < 4.78 is 22.5. The molecule has 1 N–H and O–H groups in total. The number of sulfone groups is 1. The van der Waals surface area contributed by atoms with E-state index in [4.69, 9.17) is 0 Å². The van der Waals surface area contributed by atoms with Gasteiger partial charge < -0.3 is 5.32 Å². The van der Waals surface area contributed by atoms with Gasteiger partial charge in [-0.05, 0) is 42.7 Å². The van der Waals surface area contributed by atoms with E-state index in [1.54, 1.807) is 6.33 Å². The van der Waals surface area contributed by atoms with Gasteiger partial charge in [-0.1, -0.05) is 24.3 Å². The van der Waals surface area contributed by atoms with E-state index in [1.165, 1.54) is 6.26 Å². The van der Waals surface area contributed by atoms with Gasteiger partial charge in [-0.2, -0.15) is 0 Å². The summed E-state index contributed by atoms with van der Waals surface area (Å²) in [4.78, 5) is 8.65. The Labute approximate surface area is 141 Å². The molecule has 24 heavy (non-hydrogen) atoms. The van der Waals surface area contributed by atoms with Crippen molar-refractivity contribution in [1.29, 1.82) is 0 Å². The minimum Gasteiger partial charge on any atom is -0.340 e. The summed E-state index contributed by atoms with van der Waals surface area (Å²) in [6.07, 6.45) is 3.32. The van der Waals surface area contributed by atoms with E-state index in [-0.39, 0.29) is 5.75 Å². The Balaban J connectivity index is 1.82. The highest BCUT2D eigenvalue weighted by Gasteiger charge is 2.07. The van der Waals surface area contributed by atoms with Gasteiger partial charge >= 0.3 is 0 Å². The molecule has 1 heterocycles. The maximum Gasteiger partial charge on any atom is 0.147 e. The number of aryl methyl sites for hydroxylation is 2. The van der Waals surface area contributed by atoms with Crippen LogP contribution in [0.2, 0.25) is 0 Å².